The number of benzene rings is 1. The summed E-state index contributed by atoms with van der Waals surface area (Å²) in [6, 6.07) is 5.22. The standard InChI is InChI=1S/C12H9Cl2NO/c1-2-5-16-11-3-4-15-12-9(11)6-8(13)7-10(12)14/h2-4,6-7H,1,5H2. The van der Waals surface area contributed by atoms with Gasteiger partial charge in [0.2, 0.25) is 0 Å². The van der Waals surface area contributed by atoms with Crippen molar-refractivity contribution in [2.24, 2.45) is 0 Å². The molecule has 0 atom stereocenters. The minimum atomic E-state index is 0.434. The molecule has 0 aliphatic carbocycles. The third kappa shape index (κ3) is 2.13. The molecule has 0 spiro atoms. The number of hydrogen-bond acceptors (Lipinski definition) is 2. The fourth-order valence-electron chi connectivity index (χ4n) is 1.43. The summed E-state index contributed by atoms with van der Waals surface area (Å²) in [5.41, 5.74) is 0.688. The van der Waals surface area contributed by atoms with Gasteiger partial charge in [0.1, 0.15) is 12.4 Å². The highest BCUT2D eigenvalue weighted by Gasteiger charge is 2.07. The van der Waals surface area contributed by atoms with Crippen molar-refractivity contribution in [1.29, 1.82) is 0 Å². The first-order valence-corrected chi connectivity index (χ1v) is 5.45. The fourth-order valence-corrected chi connectivity index (χ4v) is 1.97. The molecule has 0 amide bonds. The normalized spacial score (nSPS) is 10.4. The Labute approximate surface area is 103 Å². The average molecular weight is 254 g/mol. The number of hydrogen-bond donors (Lipinski definition) is 0. The average Bonchev–Trinajstić information content (AvgIpc) is 2.26. The van der Waals surface area contributed by atoms with E-state index in [-0.39, 0.29) is 0 Å². The molecule has 0 bridgehead atoms. The molecule has 2 aromatic rings. The van der Waals surface area contributed by atoms with Crippen LogP contribution in [0.5, 0.6) is 5.75 Å². The van der Waals surface area contributed by atoms with Gasteiger partial charge in [0.25, 0.3) is 0 Å². The fraction of sp³-hybridized carbons (Fsp3) is 0.0833. The summed E-state index contributed by atoms with van der Waals surface area (Å²) in [5.74, 6) is 0.703. The molecule has 4 heteroatoms. The summed E-state index contributed by atoms with van der Waals surface area (Å²) < 4.78 is 5.50. The number of halogens is 2. The maximum Gasteiger partial charge on any atom is 0.130 e. The van der Waals surface area contributed by atoms with Gasteiger partial charge in [-0.2, -0.15) is 0 Å². The summed E-state index contributed by atoms with van der Waals surface area (Å²) in [7, 11) is 0. The van der Waals surface area contributed by atoms with E-state index >= 15 is 0 Å². The molecule has 1 aromatic heterocycles. The summed E-state index contributed by atoms with van der Waals surface area (Å²) in [5, 5.41) is 1.89. The zero-order valence-corrected chi connectivity index (χ0v) is 9.92. The second-order valence-corrected chi connectivity index (χ2v) is 4.04. The number of nitrogens with zero attached hydrogens (tertiary/aromatic N) is 1. The van der Waals surface area contributed by atoms with Crippen molar-refractivity contribution in [3.05, 3.63) is 47.1 Å². The van der Waals surface area contributed by atoms with Gasteiger partial charge >= 0.3 is 0 Å². The molecule has 0 unspecified atom stereocenters. The van der Waals surface area contributed by atoms with Crippen molar-refractivity contribution in [1.82, 2.24) is 4.98 Å². The van der Waals surface area contributed by atoms with Crippen LogP contribution < -0.4 is 4.74 Å². The summed E-state index contributed by atoms with van der Waals surface area (Å²) >= 11 is 12.0. The lowest BCUT2D eigenvalue weighted by atomic mass is 10.2. The van der Waals surface area contributed by atoms with E-state index in [1.165, 1.54) is 0 Å². The topological polar surface area (TPSA) is 22.1 Å². The predicted molar refractivity (Wildman–Crippen MR) is 67.5 cm³/mol. The molecule has 0 fully saturated rings. The van der Waals surface area contributed by atoms with Crippen LogP contribution in [0.3, 0.4) is 0 Å². The maximum absolute atomic E-state index is 6.05. The zero-order valence-electron chi connectivity index (χ0n) is 8.41. The first-order chi connectivity index (χ1) is 7.72. The van der Waals surface area contributed by atoms with Gasteiger partial charge in [0, 0.05) is 16.6 Å². The van der Waals surface area contributed by atoms with Gasteiger partial charge < -0.3 is 4.74 Å². The molecule has 0 saturated heterocycles. The number of ether oxygens (including phenoxy) is 1. The van der Waals surface area contributed by atoms with Gasteiger partial charge in [-0.15, -0.1) is 0 Å². The van der Waals surface area contributed by atoms with Crippen LogP contribution in [0.15, 0.2) is 37.1 Å². The van der Waals surface area contributed by atoms with Crippen LogP contribution >= 0.6 is 23.2 Å². The minimum Gasteiger partial charge on any atom is -0.489 e. The van der Waals surface area contributed by atoms with Gasteiger partial charge in [-0.05, 0) is 18.2 Å². The summed E-state index contributed by atoms with van der Waals surface area (Å²) in [6.45, 7) is 4.03. The second-order valence-electron chi connectivity index (χ2n) is 3.19. The van der Waals surface area contributed by atoms with E-state index in [4.69, 9.17) is 27.9 Å². The summed E-state index contributed by atoms with van der Waals surface area (Å²) in [4.78, 5) is 4.19. The SMILES string of the molecule is C=CCOc1ccnc2c(Cl)cc(Cl)cc12. The predicted octanol–water partition coefficient (Wildman–Crippen LogP) is 4.11. The van der Waals surface area contributed by atoms with E-state index in [1.807, 2.05) is 0 Å². The lowest BCUT2D eigenvalue weighted by Gasteiger charge is -2.08. The Morgan fingerprint density at radius 2 is 2.19 bits per heavy atom. The zero-order chi connectivity index (χ0) is 11.5. The van der Waals surface area contributed by atoms with Crippen LogP contribution in [0.2, 0.25) is 10.0 Å². The number of pyridine rings is 1. The van der Waals surface area contributed by atoms with Gasteiger partial charge in [0.15, 0.2) is 0 Å². The molecule has 1 heterocycles. The number of aromatic nitrogens is 1. The number of rotatable bonds is 3. The van der Waals surface area contributed by atoms with E-state index in [9.17, 15) is 0 Å². The molecule has 1 aromatic carbocycles. The van der Waals surface area contributed by atoms with Crippen LogP contribution in [0.25, 0.3) is 10.9 Å². The molecular formula is C12H9Cl2NO. The molecule has 0 radical (unpaired) electrons. The Morgan fingerprint density at radius 1 is 1.38 bits per heavy atom. The molecular weight excluding hydrogens is 245 g/mol. The van der Waals surface area contributed by atoms with Crippen molar-refractivity contribution in [3.8, 4) is 5.75 Å². The van der Waals surface area contributed by atoms with Crippen molar-refractivity contribution in [2.45, 2.75) is 0 Å². The first-order valence-electron chi connectivity index (χ1n) is 4.70. The quantitative estimate of drug-likeness (QED) is 0.769. The first kappa shape index (κ1) is 11.2. The number of fused-ring (bicyclic) bond motifs is 1. The van der Waals surface area contributed by atoms with E-state index in [0.717, 1.165) is 5.39 Å². The van der Waals surface area contributed by atoms with E-state index in [2.05, 4.69) is 11.6 Å². The maximum atomic E-state index is 6.05. The highest BCUT2D eigenvalue weighted by Crippen LogP contribution is 2.32. The van der Waals surface area contributed by atoms with Crippen molar-refractivity contribution < 1.29 is 4.74 Å². The molecule has 0 saturated carbocycles. The Kier molecular flexibility index (Phi) is 3.32. The van der Waals surface area contributed by atoms with Gasteiger partial charge in [-0.3, -0.25) is 4.98 Å². The Balaban J connectivity index is 2.61. The Morgan fingerprint density at radius 3 is 2.94 bits per heavy atom. The van der Waals surface area contributed by atoms with Crippen molar-refractivity contribution in [2.75, 3.05) is 6.61 Å². The monoisotopic (exact) mass is 253 g/mol. The third-order valence-corrected chi connectivity index (χ3v) is 2.59. The smallest absolute Gasteiger partial charge is 0.130 e. The van der Waals surface area contributed by atoms with Crippen molar-refractivity contribution in [3.63, 3.8) is 0 Å². The lowest BCUT2D eigenvalue weighted by molar-refractivity contribution is 0.367. The van der Waals surface area contributed by atoms with Gasteiger partial charge in [-0.1, -0.05) is 35.9 Å². The Bertz CT molecular complexity index is 540. The van der Waals surface area contributed by atoms with E-state index in [1.54, 1.807) is 30.5 Å². The molecule has 0 aliphatic heterocycles. The summed E-state index contributed by atoms with van der Waals surface area (Å²) in [6.07, 6.45) is 3.33. The van der Waals surface area contributed by atoms with E-state index < -0.39 is 0 Å². The van der Waals surface area contributed by atoms with Crippen LogP contribution in [-0.4, -0.2) is 11.6 Å². The second kappa shape index (κ2) is 4.73. The van der Waals surface area contributed by atoms with Gasteiger partial charge in [-0.25, -0.2) is 0 Å². The lowest BCUT2D eigenvalue weighted by Crippen LogP contribution is -1.94. The third-order valence-electron chi connectivity index (χ3n) is 2.08. The van der Waals surface area contributed by atoms with Crippen LogP contribution in [0.4, 0.5) is 0 Å². The van der Waals surface area contributed by atoms with Crippen LogP contribution in [0.1, 0.15) is 0 Å². The Hall–Kier alpha value is -1.25. The highest BCUT2D eigenvalue weighted by atomic mass is 35.5. The molecule has 0 aliphatic rings. The van der Waals surface area contributed by atoms with Crippen LogP contribution in [-0.2, 0) is 0 Å². The molecule has 16 heavy (non-hydrogen) atoms. The van der Waals surface area contributed by atoms with E-state index in [0.29, 0.717) is 27.9 Å². The van der Waals surface area contributed by atoms with Crippen LogP contribution in [0, 0.1) is 0 Å². The molecule has 2 nitrogen and oxygen atoms in total. The van der Waals surface area contributed by atoms with Crippen molar-refractivity contribution >= 4 is 34.1 Å². The molecule has 2 rings (SSSR count). The minimum absolute atomic E-state index is 0.434. The highest BCUT2D eigenvalue weighted by molar-refractivity contribution is 6.38. The molecule has 82 valence electrons. The largest absolute Gasteiger partial charge is 0.489 e. The molecule has 0 N–H and O–H groups in total. The van der Waals surface area contributed by atoms with Gasteiger partial charge in [0.05, 0.1) is 10.5 Å².